The summed E-state index contributed by atoms with van der Waals surface area (Å²) in [5.41, 5.74) is 22.2. The average molecular weight is 1080 g/mol. The zero-order valence-electron chi connectivity index (χ0n) is 51.3. The molecule has 0 saturated heterocycles. The van der Waals surface area contributed by atoms with Gasteiger partial charge in [0.1, 0.15) is 0 Å². The summed E-state index contributed by atoms with van der Waals surface area (Å²) in [6, 6.07) is 46.0. The number of allylic oxidation sites excluding steroid dienone is 8. The first kappa shape index (κ1) is 63.6. The second-order valence-corrected chi connectivity index (χ2v) is 22.9. The zero-order chi connectivity index (χ0) is 58.6. The number of fused-ring (bicyclic) bond motifs is 3. The fourth-order valence-corrected chi connectivity index (χ4v) is 11.6. The third-order valence-electron chi connectivity index (χ3n) is 15.8. The maximum atomic E-state index is 3.85. The summed E-state index contributed by atoms with van der Waals surface area (Å²) in [6.07, 6.45) is 40.6. The summed E-state index contributed by atoms with van der Waals surface area (Å²) >= 11 is 0. The van der Waals surface area contributed by atoms with Gasteiger partial charge >= 0.3 is 0 Å². The van der Waals surface area contributed by atoms with Crippen molar-refractivity contribution in [1.29, 1.82) is 0 Å². The molecule has 0 nitrogen and oxygen atoms in total. The Bertz CT molecular complexity index is 3220. The Labute approximate surface area is 497 Å². The summed E-state index contributed by atoms with van der Waals surface area (Å²) in [5, 5.41) is 8.65. The van der Waals surface area contributed by atoms with Crippen molar-refractivity contribution in [3.8, 4) is 0 Å². The van der Waals surface area contributed by atoms with Crippen LogP contribution in [0, 0.1) is 41.5 Å². The molecule has 0 spiro atoms. The lowest BCUT2D eigenvalue weighted by Crippen LogP contribution is -1.98. The van der Waals surface area contributed by atoms with E-state index in [1.165, 1.54) is 160 Å². The average Bonchev–Trinajstić information content (AvgIpc) is 3.05. The van der Waals surface area contributed by atoms with Gasteiger partial charge in [-0.3, -0.25) is 0 Å². The summed E-state index contributed by atoms with van der Waals surface area (Å²) in [7, 11) is 0. The predicted molar refractivity (Wildman–Crippen MR) is 368 cm³/mol. The van der Waals surface area contributed by atoms with E-state index in [2.05, 4.69) is 214 Å². The van der Waals surface area contributed by atoms with Crippen molar-refractivity contribution in [3.63, 3.8) is 0 Å². The van der Waals surface area contributed by atoms with Gasteiger partial charge in [-0.2, -0.15) is 0 Å². The van der Waals surface area contributed by atoms with Crippen LogP contribution < -0.4 is 0 Å². The van der Waals surface area contributed by atoms with E-state index in [1.807, 2.05) is 48.6 Å². The van der Waals surface area contributed by atoms with E-state index in [1.54, 1.807) is 0 Å². The van der Waals surface area contributed by atoms with Crippen molar-refractivity contribution in [1.82, 2.24) is 0 Å². The van der Waals surface area contributed by atoms with Crippen molar-refractivity contribution < 1.29 is 0 Å². The number of aryl methyl sites for hydroxylation is 14. The molecule has 0 aromatic heterocycles. The summed E-state index contributed by atoms with van der Waals surface area (Å²) in [5.74, 6) is 0. The Morgan fingerprint density at radius 1 is 0.280 bits per heavy atom. The third-order valence-corrected chi connectivity index (χ3v) is 15.8. The number of benzene rings is 8. The van der Waals surface area contributed by atoms with E-state index < -0.39 is 0 Å². The number of rotatable bonds is 28. The molecule has 8 rings (SSSR count). The van der Waals surface area contributed by atoms with Gasteiger partial charge in [-0.1, -0.05) is 242 Å². The first-order valence-corrected chi connectivity index (χ1v) is 30.6. The molecule has 0 atom stereocenters. The molecule has 0 aliphatic heterocycles. The number of unbranched alkanes of at least 4 members (excludes halogenated alkanes) is 6. The Kier molecular flexibility index (Phi) is 26.4. The molecule has 0 bridgehead atoms. The second-order valence-electron chi connectivity index (χ2n) is 22.9. The van der Waals surface area contributed by atoms with E-state index in [0.717, 1.165) is 77.0 Å². The largest absolute Gasteiger partial charge is 0.103 e. The molecule has 424 valence electrons. The van der Waals surface area contributed by atoms with Gasteiger partial charge in [0, 0.05) is 0 Å². The standard InChI is InChI=1S/C32H32.C28H36.C22H28/c1-5-25-7-11-27(12-8-25)15-17-29-19-23(3)22-32-30(20-24(4)21-31(29)32)18-16-28-13-9-26(6-2)10-14-28;1-5-7-9-11-13-15-17-25-19-23(3)22-28-26(20-24(4)21-27(25)28)18-16-14-12-10-8-6-2;1-5-7-9-11-19-13-17(3)16-22-20(12-10-8-6-2)14-18(4)15-21(19)22/h5-14,19-22H,1-2,15-18H2,3-4H3;5-10,19-22H,1-2,11-18H2,3-4H3;5-6,13-16H,1-2,7-12H2,3-4H3/b;9-7+,10-8+;. The first-order chi connectivity index (χ1) is 39.9. The van der Waals surface area contributed by atoms with Gasteiger partial charge in [-0.15, -0.1) is 13.2 Å². The SMILES string of the molecule is C=C/C=C/CCCCc1cc(C)cc2c(CCCC/C=C/C=C)cc(C)cc12.C=CCCCc1cc(C)cc2c(CCCC=C)cc(C)cc12.C=Cc1ccc(CCc2cc(C)cc3c(CCc4ccc(C=C)cc4)cc(C)cc23)cc1. The van der Waals surface area contributed by atoms with Crippen LogP contribution in [0.1, 0.15) is 153 Å². The summed E-state index contributed by atoms with van der Waals surface area (Å²) in [4.78, 5) is 0. The van der Waals surface area contributed by atoms with Crippen LogP contribution in [0.5, 0.6) is 0 Å². The van der Waals surface area contributed by atoms with E-state index in [-0.39, 0.29) is 0 Å². The van der Waals surface area contributed by atoms with Gasteiger partial charge in [0.05, 0.1) is 0 Å². The maximum absolute atomic E-state index is 3.85. The fourth-order valence-electron chi connectivity index (χ4n) is 11.6. The first-order valence-electron chi connectivity index (χ1n) is 30.6. The molecule has 8 aromatic rings. The summed E-state index contributed by atoms with van der Waals surface area (Å²) < 4.78 is 0. The predicted octanol–water partition coefficient (Wildman–Crippen LogP) is 23.2. The van der Waals surface area contributed by atoms with Crippen LogP contribution in [0.2, 0.25) is 0 Å². The van der Waals surface area contributed by atoms with Crippen LogP contribution in [0.3, 0.4) is 0 Å². The molecule has 0 radical (unpaired) electrons. The van der Waals surface area contributed by atoms with Crippen molar-refractivity contribution in [2.24, 2.45) is 0 Å². The minimum atomic E-state index is 1.05. The molecular formula is C82H96. The molecule has 82 heavy (non-hydrogen) atoms. The van der Waals surface area contributed by atoms with Crippen LogP contribution in [0.25, 0.3) is 44.5 Å². The minimum absolute atomic E-state index is 1.05. The van der Waals surface area contributed by atoms with E-state index in [9.17, 15) is 0 Å². The quantitative estimate of drug-likeness (QED) is 0.0260. The third kappa shape index (κ3) is 19.9. The van der Waals surface area contributed by atoms with Crippen molar-refractivity contribution in [2.45, 2.75) is 157 Å². The molecule has 0 aliphatic carbocycles. The Balaban J connectivity index is 0.000000201. The molecule has 0 heterocycles. The van der Waals surface area contributed by atoms with E-state index in [0.29, 0.717) is 0 Å². The normalized spacial score (nSPS) is 11.1. The van der Waals surface area contributed by atoms with Gasteiger partial charge in [-0.05, 0) is 245 Å². The summed E-state index contributed by atoms with van der Waals surface area (Å²) in [6.45, 7) is 36.2. The van der Waals surface area contributed by atoms with Gasteiger partial charge in [0.25, 0.3) is 0 Å². The number of hydrogen-bond acceptors (Lipinski definition) is 0. The van der Waals surface area contributed by atoms with Crippen LogP contribution in [0.15, 0.2) is 209 Å². The lowest BCUT2D eigenvalue weighted by molar-refractivity contribution is 0.747. The van der Waals surface area contributed by atoms with Crippen molar-refractivity contribution in [3.05, 3.63) is 298 Å². The molecular weight excluding hydrogens is 985 g/mol. The van der Waals surface area contributed by atoms with Crippen LogP contribution >= 0.6 is 0 Å². The lowest BCUT2D eigenvalue weighted by atomic mass is 9.90. The van der Waals surface area contributed by atoms with Gasteiger partial charge in [-0.25, -0.2) is 0 Å². The fraction of sp³-hybridized carbons (Fsp3) is 0.293. The van der Waals surface area contributed by atoms with Gasteiger partial charge in [0.2, 0.25) is 0 Å². The minimum Gasteiger partial charge on any atom is -0.103 e. The Hall–Kier alpha value is -7.54. The highest BCUT2D eigenvalue weighted by atomic mass is 14.2. The molecule has 0 saturated carbocycles. The number of hydrogen-bond donors (Lipinski definition) is 0. The topological polar surface area (TPSA) is 0 Å². The van der Waals surface area contributed by atoms with Crippen molar-refractivity contribution in [2.75, 3.05) is 0 Å². The van der Waals surface area contributed by atoms with Crippen LogP contribution in [-0.4, -0.2) is 0 Å². The Morgan fingerprint density at radius 3 is 0.805 bits per heavy atom. The molecule has 0 amide bonds. The van der Waals surface area contributed by atoms with Gasteiger partial charge in [0.15, 0.2) is 0 Å². The van der Waals surface area contributed by atoms with Gasteiger partial charge < -0.3 is 0 Å². The molecule has 0 aliphatic rings. The molecule has 0 unspecified atom stereocenters. The highest BCUT2D eigenvalue weighted by Crippen LogP contribution is 2.32. The molecule has 0 heteroatoms. The molecule has 8 aromatic carbocycles. The van der Waals surface area contributed by atoms with Crippen molar-refractivity contribution >= 4 is 44.5 Å². The van der Waals surface area contributed by atoms with Crippen LogP contribution in [0.4, 0.5) is 0 Å². The maximum Gasteiger partial charge on any atom is -0.0146 e. The highest BCUT2D eigenvalue weighted by molar-refractivity contribution is 5.92. The second kappa shape index (κ2) is 34.0. The van der Waals surface area contributed by atoms with E-state index >= 15 is 0 Å². The Morgan fingerprint density at radius 2 is 0.549 bits per heavy atom. The molecule has 0 N–H and O–H groups in total. The monoisotopic (exact) mass is 1080 g/mol. The highest BCUT2D eigenvalue weighted by Gasteiger charge is 2.12. The van der Waals surface area contributed by atoms with E-state index in [4.69, 9.17) is 0 Å². The lowest BCUT2D eigenvalue weighted by Gasteiger charge is -2.14. The smallest absolute Gasteiger partial charge is 0.0146 e. The molecule has 0 fully saturated rings. The zero-order valence-corrected chi connectivity index (χ0v) is 51.3. The van der Waals surface area contributed by atoms with Crippen LogP contribution in [-0.2, 0) is 51.4 Å².